The minimum atomic E-state index is 0.617. The summed E-state index contributed by atoms with van der Waals surface area (Å²) < 4.78 is 6.15. The third-order valence-corrected chi connectivity index (χ3v) is 2.76. The van der Waals surface area contributed by atoms with E-state index in [0.717, 1.165) is 24.4 Å². The second-order valence-corrected chi connectivity index (χ2v) is 4.45. The van der Waals surface area contributed by atoms with E-state index in [4.69, 9.17) is 4.42 Å². The maximum absolute atomic E-state index is 5.47. The van der Waals surface area contributed by atoms with Crippen molar-refractivity contribution in [1.82, 2.24) is 9.97 Å². The number of nitrogens with one attached hydrogen (secondary N) is 1. The van der Waals surface area contributed by atoms with Gasteiger partial charge < -0.3 is 9.73 Å². The Balaban J connectivity index is 2.42. The number of aryl methyl sites for hydroxylation is 1. The topological polar surface area (TPSA) is 51.0 Å². The highest BCUT2D eigenvalue weighted by atomic mass is 79.9. The van der Waals surface area contributed by atoms with Gasteiger partial charge in [-0.1, -0.05) is 13.3 Å². The highest BCUT2D eigenvalue weighted by molar-refractivity contribution is 9.10. The largest absolute Gasteiger partial charge is 0.446 e. The number of aromatic nitrogens is 2. The first-order valence-electron chi connectivity index (χ1n) is 5.54. The second kappa shape index (κ2) is 5.31. The molecule has 0 bridgehead atoms. The van der Waals surface area contributed by atoms with E-state index >= 15 is 0 Å². The monoisotopic (exact) mass is 295 g/mol. The molecule has 2 heterocycles. The van der Waals surface area contributed by atoms with E-state index in [9.17, 15) is 0 Å². The summed E-state index contributed by atoms with van der Waals surface area (Å²) in [5.41, 5.74) is 1.02. The minimum absolute atomic E-state index is 0.617. The van der Waals surface area contributed by atoms with Gasteiger partial charge in [-0.05, 0) is 34.5 Å². The summed E-state index contributed by atoms with van der Waals surface area (Å²) in [7, 11) is 1.85. The lowest BCUT2D eigenvalue weighted by Crippen LogP contribution is -2.00. The lowest BCUT2D eigenvalue weighted by Gasteiger charge is -2.05. The Labute approximate surface area is 109 Å². The highest BCUT2D eigenvalue weighted by Crippen LogP contribution is 2.23. The fraction of sp³-hybridized carbons (Fsp3) is 0.333. The molecule has 0 saturated carbocycles. The number of anilines is 1. The summed E-state index contributed by atoms with van der Waals surface area (Å²) in [5, 5.41) is 3.04. The predicted molar refractivity (Wildman–Crippen MR) is 71.0 cm³/mol. The van der Waals surface area contributed by atoms with E-state index in [1.54, 1.807) is 0 Å². The number of furan rings is 1. The van der Waals surface area contributed by atoms with Crippen LogP contribution in [0.25, 0.3) is 11.6 Å². The van der Waals surface area contributed by atoms with E-state index < -0.39 is 0 Å². The summed E-state index contributed by atoms with van der Waals surface area (Å²) in [6.45, 7) is 2.13. The number of rotatable bonds is 4. The van der Waals surface area contributed by atoms with Crippen molar-refractivity contribution in [3.8, 4) is 11.6 Å². The van der Waals surface area contributed by atoms with Crippen molar-refractivity contribution in [3.05, 3.63) is 28.6 Å². The maximum Gasteiger partial charge on any atom is 0.197 e. The predicted octanol–water partition coefficient (Wildman–Crippen LogP) is 3.49. The smallest absolute Gasteiger partial charge is 0.197 e. The summed E-state index contributed by atoms with van der Waals surface area (Å²) in [6.07, 6.45) is 1.99. The van der Waals surface area contributed by atoms with Gasteiger partial charge in [-0.15, -0.1) is 0 Å². The van der Waals surface area contributed by atoms with Crippen LogP contribution in [0, 0.1) is 0 Å². The lowest BCUT2D eigenvalue weighted by molar-refractivity contribution is 0.551. The maximum atomic E-state index is 5.47. The van der Waals surface area contributed by atoms with Gasteiger partial charge in [-0.3, -0.25) is 0 Å². The molecule has 0 aliphatic heterocycles. The lowest BCUT2D eigenvalue weighted by atomic mass is 10.2. The molecule has 0 amide bonds. The third-order valence-electron chi connectivity index (χ3n) is 2.34. The fourth-order valence-electron chi connectivity index (χ4n) is 1.55. The van der Waals surface area contributed by atoms with Crippen LogP contribution < -0.4 is 5.32 Å². The van der Waals surface area contributed by atoms with Crippen LogP contribution >= 0.6 is 15.9 Å². The van der Waals surface area contributed by atoms with Gasteiger partial charge in [0.2, 0.25) is 0 Å². The zero-order valence-corrected chi connectivity index (χ0v) is 11.4. The van der Waals surface area contributed by atoms with E-state index in [1.807, 2.05) is 25.2 Å². The van der Waals surface area contributed by atoms with Crippen LogP contribution in [0.3, 0.4) is 0 Å². The van der Waals surface area contributed by atoms with Crippen LogP contribution in [0.5, 0.6) is 0 Å². The summed E-state index contributed by atoms with van der Waals surface area (Å²) >= 11 is 3.28. The Morgan fingerprint density at radius 1 is 1.35 bits per heavy atom. The second-order valence-electron chi connectivity index (χ2n) is 3.67. The molecule has 17 heavy (non-hydrogen) atoms. The fourth-order valence-corrected chi connectivity index (χ4v) is 1.86. The molecule has 0 aliphatic carbocycles. The molecular formula is C12H14BrN3O. The van der Waals surface area contributed by atoms with E-state index in [1.165, 1.54) is 0 Å². The number of halogens is 1. The van der Waals surface area contributed by atoms with Crippen molar-refractivity contribution in [2.75, 3.05) is 12.4 Å². The van der Waals surface area contributed by atoms with Crippen molar-refractivity contribution in [3.63, 3.8) is 0 Å². The molecule has 5 heteroatoms. The van der Waals surface area contributed by atoms with Crippen LogP contribution in [-0.2, 0) is 6.42 Å². The van der Waals surface area contributed by atoms with Crippen LogP contribution in [-0.4, -0.2) is 17.0 Å². The molecule has 0 atom stereocenters. The Kier molecular flexibility index (Phi) is 3.78. The van der Waals surface area contributed by atoms with Gasteiger partial charge in [-0.25, -0.2) is 9.97 Å². The first kappa shape index (κ1) is 12.1. The molecule has 4 nitrogen and oxygen atoms in total. The highest BCUT2D eigenvalue weighted by Gasteiger charge is 2.09. The quantitative estimate of drug-likeness (QED) is 0.938. The molecule has 0 aliphatic rings. The molecule has 90 valence electrons. The van der Waals surface area contributed by atoms with Crippen molar-refractivity contribution in [1.29, 1.82) is 0 Å². The zero-order valence-electron chi connectivity index (χ0n) is 9.83. The van der Waals surface area contributed by atoms with Gasteiger partial charge in [0.15, 0.2) is 16.3 Å². The molecule has 0 saturated heterocycles. The molecular weight excluding hydrogens is 282 g/mol. The number of hydrogen-bond acceptors (Lipinski definition) is 4. The summed E-state index contributed by atoms with van der Waals surface area (Å²) in [5.74, 6) is 2.10. The first-order chi connectivity index (χ1) is 8.22. The molecule has 2 aromatic rings. The average molecular weight is 296 g/mol. The first-order valence-corrected chi connectivity index (χ1v) is 6.33. The Morgan fingerprint density at radius 2 is 2.18 bits per heavy atom. The minimum Gasteiger partial charge on any atom is -0.446 e. The van der Waals surface area contributed by atoms with E-state index in [0.29, 0.717) is 16.3 Å². The summed E-state index contributed by atoms with van der Waals surface area (Å²) in [6, 6.07) is 5.66. The van der Waals surface area contributed by atoms with Gasteiger partial charge in [-0.2, -0.15) is 0 Å². The van der Waals surface area contributed by atoms with Crippen molar-refractivity contribution >= 4 is 21.7 Å². The molecule has 2 rings (SSSR count). The van der Waals surface area contributed by atoms with Gasteiger partial charge in [0.05, 0.1) is 0 Å². The zero-order chi connectivity index (χ0) is 12.3. The van der Waals surface area contributed by atoms with Crippen LogP contribution in [0.1, 0.15) is 19.0 Å². The van der Waals surface area contributed by atoms with Gasteiger partial charge in [0, 0.05) is 18.8 Å². The van der Waals surface area contributed by atoms with Crippen LogP contribution in [0.4, 0.5) is 5.82 Å². The Morgan fingerprint density at radius 3 is 2.76 bits per heavy atom. The average Bonchev–Trinajstić information content (AvgIpc) is 2.76. The van der Waals surface area contributed by atoms with Crippen molar-refractivity contribution < 1.29 is 4.42 Å². The number of nitrogens with zero attached hydrogens (tertiary/aromatic N) is 2. The Hall–Kier alpha value is -1.36. The van der Waals surface area contributed by atoms with Crippen LogP contribution in [0.2, 0.25) is 0 Å². The normalized spacial score (nSPS) is 10.5. The molecule has 2 aromatic heterocycles. The van der Waals surface area contributed by atoms with E-state index in [2.05, 4.69) is 38.1 Å². The SMILES string of the molecule is CCCc1cc(NC)nc(-c2ccc(Br)o2)n1. The molecule has 0 unspecified atom stereocenters. The van der Waals surface area contributed by atoms with Gasteiger partial charge in [0.1, 0.15) is 5.82 Å². The Bertz CT molecular complexity index is 510. The molecule has 1 N–H and O–H groups in total. The molecule has 0 fully saturated rings. The van der Waals surface area contributed by atoms with E-state index in [-0.39, 0.29) is 0 Å². The molecule has 0 spiro atoms. The third kappa shape index (κ3) is 2.85. The van der Waals surface area contributed by atoms with Crippen LogP contribution in [0.15, 0.2) is 27.3 Å². The standard InChI is InChI=1S/C12H14BrN3O/c1-3-4-8-7-11(14-2)16-12(15-8)9-5-6-10(13)17-9/h5-7H,3-4H2,1-2H3,(H,14,15,16). The number of hydrogen-bond donors (Lipinski definition) is 1. The summed E-state index contributed by atoms with van der Waals surface area (Å²) in [4.78, 5) is 8.87. The molecule has 0 aromatic carbocycles. The van der Waals surface area contributed by atoms with Crippen molar-refractivity contribution in [2.45, 2.75) is 19.8 Å². The van der Waals surface area contributed by atoms with Gasteiger partial charge in [0.25, 0.3) is 0 Å². The van der Waals surface area contributed by atoms with Crippen molar-refractivity contribution in [2.24, 2.45) is 0 Å². The molecule has 0 radical (unpaired) electrons. The van der Waals surface area contributed by atoms with Gasteiger partial charge >= 0.3 is 0 Å².